The minimum Gasteiger partial charge on any atom is -0.445 e. The van der Waals surface area contributed by atoms with Gasteiger partial charge in [0.2, 0.25) is 0 Å². The molecule has 7 heteroatoms. The number of ether oxygens (including phenoxy) is 1. The Hall–Kier alpha value is -2.08. The van der Waals surface area contributed by atoms with Gasteiger partial charge in [-0.1, -0.05) is 30.3 Å². The number of benzene rings is 1. The number of hydrogen-bond donors (Lipinski definition) is 1. The molecule has 0 aliphatic carbocycles. The number of amides is 2. The Balaban J connectivity index is 1.90. The summed E-state index contributed by atoms with van der Waals surface area (Å²) >= 11 is 5.92. The van der Waals surface area contributed by atoms with Gasteiger partial charge in [0.25, 0.3) is 5.91 Å². The van der Waals surface area contributed by atoms with Crippen molar-refractivity contribution in [1.82, 2.24) is 10.2 Å². The van der Waals surface area contributed by atoms with Crippen LogP contribution in [-0.2, 0) is 4.74 Å². The van der Waals surface area contributed by atoms with Crippen LogP contribution in [0.4, 0.5) is 9.18 Å². The highest BCUT2D eigenvalue weighted by Gasteiger charge is 2.27. The summed E-state index contributed by atoms with van der Waals surface area (Å²) in [5, 5.41) is 2.83. The van der Waals surface area contributed by atoms with Crippen LogP contribution in [0, 0.1) is 5.82 Å². The van der Waals surface area contributed by atoms with Crippen LogP contribution in [0.2, 0.25) is 5.02 Å². The fourth-order valence-corrected chi connectivity index (χ4v) is 2.67. The average molecular weight is 341 g/mol. The molecule has 5 nitrogen and oxygen atoms in total. The number of carbonyl (C=O) groups excluding carboxylic acids is 2. The van der Waals surface area contributed by atoms with Gasteiger partial charge < -0.3 is 15.0 Å². The van der Waals surface area contributed by atoms with Crippen molar-refractivity contribution < 1.29 is 18.7 Å². The molecule has 0 unspecified atom stereocenters. The fraction of sp³-hybridized carbons (Fsp3) is 0.375. The van der Waals surface area contributed by atoms with Crippen molar-refractivity contribution in [2.75, 3.05) is 19.7 Å². The Morgan fingerprint density at radius 1 is 1.43 bits per heavy atom. The van der Waals surface area contributed by atoms with Crippen molar-refractivity contribution in [3.63, 3.8) is 0 Å². The number of hydrogen-bond acceptors (Lipinski definition) is 3. The Morgan fingerprint density at radius 2 is 2.13 bits per heavy atom. The van der Waals surface area contributed by atoms with Gasteiger partial charge in [0, 0.05) is 19.1 Å². The number of likely N-dealkylation sites (tertiary alicyclic amines) is 1. The van der Waals surface area contributed by atoms with E-state index in [9.17, 15) is 14.0 Å². The molecule has 23 heavy (non-hydrogen) atoms. The van der Waals surface area contributed by atoms with Crippen molar-refractivity contribution in [3.05, 3.63) is 47.3 Å². The van der Waals surface area contributed by atoms with Gasteiger partial charge in [0.05, 0.1) is 10.6 Å². The van der Waals surface area contributed by atoms with Crippen molar-refractivity contribution >= 4 is 23.6 Å². The largest absolute Gasteiger partial charge is 0.445 e. The standard InChI is InChI=1S/C16H18ClFN2O3/c1-2-10-23-16(22)19-11-6-8-20(9-7-11)15(21)14-12(17)4-3-5-13(14)18/h2-5,11H,1,6-10H2,(H,19,22). The molecule has 124 valence electrons. The molecule has 0 spiro atoms. The lowest BCUT2D eigenvalue weighted by Gasteiger charge is -2.32. The molecule has 1 N–H and O–H groups in total. The topological polar surface area (TPSA) is 58.6 Å². The van der Waals surface area contributed by atoms with Gasteiger partial charge in [0.15, 0.2) is 0 Å². The first-order valence-electron chi connectivity index (χ1n) is 7.30. The fourth-order valence-electron chi connectivity index (χ4n) is 2.43. The zero-order chi connectivity index (χ0) is 16.8. The maximum Gasteiger partial charge on any atom is 0.407 e. The Kier molecular flexibility index (Phi) is 5.98. The first-order valence-corrected chi connectivity index (χ1v) is 7.68. The van der Waals surface area contributed by atoms with E-state index in [-0.39, 0.29) is 23.2 Å². The van der Waals surface area contributed by atoms with Crippen LogP contribution in [0.1, 0.15) is 23.2 Å². The minimum absolute atomic E-state index is 0.0764. The lowest BCUT2D eigenvalue weighted by molar-refractivity contribution is 0.0698. The highest BCUT2D eigenvalue weighted by atomic mass is 35.5. The summed E-state index contributed by atoms with van der Waals surface area (Å²) in [6.45, 7) is 4.43. The van der Waals surface area contributed by atoms with Gasteiger partial charge in [-0.05, 0) is 25.0 Å². The number of carbonyl (C=O) groups is 2. The van der Waals surface area contributed by atoms with Crippen LogP contribution in [0.5, 0.6) is 0 Å². The van der Waals surface area contributed by atoms with Crippen LogP contribution in [0.3, 0.4) is 0 Å². The summed E-state index contributed by atoms with van der Waals surface area (Å²) in [5.74, 6) is -1.06. The molecule has 0 atom stereocenters. The average Bonchev–Trinajstić information content (AvgIpc) is 2.53. The molecule has 1 saturated heterocycles. The maximum atomic E-state index is 13.8. The first-order chi connectivity index (χ1) is 11.0. The van der Waals surface area contributed by atoms with E-state index in [1.807, 2.05) is 0 Å². The molecule has 1 fully saturated rings. The molecule has 1 aliphatic heterocycles. The maximum absolute atomic E-state index is 13.8. The van der Waals surface area contributed by atoms with Crippen molar-refractivity contribution in [1.29, 1.82) is 0 Å². The molecule has 1 heterocycles. The summed E-state index contributed by atoms with van der Waals surface area (Å²) in [4.78, 5) is 25.4. The number of rotatable bonds is 4. The molecular formula is C16H18ClFN2O3. The lowest BCUT2D eigenvalue weighted by Crippen LogP contribution is -2.46. The van der Waals surface area contributed by atoms with Crippen molar-refractivity contribution in [2.24, 2.45) is 0 Å². The number of halogens is 2. The number of nitrogens with zero attached hydrogens (tertiary/aromatic N) is 1. The minimum atomic E-state index is -0.629. The Morgan fingerprint density at radius 3 is 2.74 bits per heavy atom. The van der Waals surface area contributed by atoms with Gasteiger partial charge in [-0.15, -0.1) is 0 Å². The van der Waals surface area contributed by atoms with E-state index >= 15 is 0 Å². The van der Waals surface area contributed by atoms with Crippen LogP contribution in [-0.4, -0.2) is 42.6 Å². The quantitative estimate of drug-likeness (QED) is 0.857. The molecule has 1 aromatic carbocycles. The molecular weight excluding hydrogens is 323 g/mol. The second kappa shape index (κ2) is 7.97. The SMILES string of the molecule is C=CCOC(=O)NC1CCN(C(=O)c2c(F)cccc2Cl)CC1. The second-order valence-corrected chi connectivity index (χ2v) is 5.60. The predicted molar refractivity (Wildman–Crippen MR) is 85.0 cm³/mol. The molecule has 0 radical (unpaired) electrons. The van der Waals surface area contributed by atoms with Gasteiger partial charge in [-0.2, -0.15) is 0 Å². The molecule has 2 rings (SSSR count). The zero-order valence-electron chi connectivity index (χ0n) is 12.6. The highest BCUT2D eigenvalue weighted by Crippen LogP contribution is 2.22. The highest BCUT2D eigenvalue weighted by molar-refractivity contribution is 6.33. The van der Waals surface area contributed by atoms with E-state index < -0.39 is 17.8 Å². The Bertz CT molecular complexity index is 581. The van der Waals surface area contributed by atoms with Gasteiger partial charge in [-0.25, -0.2) is 9.18 Å². The number of nitrogens with one attached hydrogen (secondary N) is 1. The molecule has 0 saturated carbocycles. The van der Waals surface area contributed by atoms with Gasteiger partial charge in [-0.3, -0.25) is 4.79 Å². The van der Waals surface area contributed by atoms with Crippen LogP contribution in [0.15, 0.2) is 30.9 Å². The smallest absolute Gasteiger partial charge is 0.407 e. The zero-order valence-corrected chi connectivity index (χ0v) is 13.3. The van der Waals surface area contributed by atoms with Crippen LogP contribution in [0.25, 0.3) is 0 Å². The summed E-state index contributed by atoms with van der Waals surface area (Å²) in [7, 11) is 0. The van der Waals surface area contributed by atoms with E-state index in [1.165, 1.54) is 29.2 Å². The molecule has 1 aliphatic rings. The van der Waals surface area contributed by atoms with Gasteiger partial charge >= 0.3 is 6.09 Å². The third-order valence-electron chi connectivity index (χ3n) is 3.61. The number of alkyl carbamates (subject to hydrolysis) is 1. The van der Waals surface area contributed by atoms with Crippen molar-refractivity contribution in [3.8, 4) is 0 Å². The van der Waals surface area contributed by atoms with Crippen LogP contribution < -0.4 is 5.32 Å². The number of piperidine rings is 1. The molecule has 0 aromatic heterocycles. The predicted octanol–water partition coefficient (Wildman–Crippen LogP) is 3.00. The summed E-state index contributed by atoms with van der Waals surface area (Å²) in [6, 6.07) is 4.08. The Labute approximate surface area is 139 Å². The summed E-state index contributed by atoms with van der Waals surface area (Å²) in [6.07, 6.45) is 2.12. The summed E-state index contributed by atoms with van der Waals surface area (Å²) < 4.78 is 18.7. The van der Waals surface area contributed by atoms with E-state index in [2.05, 4.69) is 11.9 Å². The summed E-state index contributed by atoms with van der Waals surface area (Å²) in [5.41, 5.74) is -0.106. The van der Waals surface area contributed by atoms with Crippen molar-refractivity contribution in [2.45, 2.75) is 18.9 Å². The van der Waals surface area contributed by atoms with Crippen LogP contribution >= 0.6 is 11.6 Å². The van der Waals surface area contributed by atoms with E-state index in [4.69, 9.17) is 16.3 Å². The van der Waals surface area contributed by atoms with E-state index in [0.29, 0.717) is 25.9 Å². The normalized spacial score (nSPS) is 15.1. The van der Waals surface area contributed by atoms with E-state index in [0.717, 1.165) is 0 Å². The third kappa shape index (κ3) is 4.45. The monoisotopic (exact) mass is 340 g/mol. The lowest BCUT2D eigenvalue weighted by atomic mass is 10.0. The van der Waals surface area contributed by atoms with E-state index in [1.54, 1.807) is 0 Å². The van der Waals surface area contributed by atoms with Gasteiger partial charge in [0.1, 0.15) is 12.4 Å². The second-order valence-electron chi connectivity index (χ2n) is 5.19. The molecule has 1 aromatic rings. The molecule has 2 amide bonds. The third-order valence-corrected chi connectivity index (χ3v) is 3.93. The molecule has 0 bridgehead atoms. The first kappa shape index (κ1) is 17.3.